The summed E-state index contributed by atoms with van der Waals surface area (Å²) in [4.78, 5) is 11.1. The number of aliphatic hydroxyl groups is 1. The average Bonchev–Trinajstić information content (AvgIpc) is 2.38. The molecule has 5 heteroatoms. The second kappa shape index (κ2) is 6.53. The maximum atomic E-state index is 9.64. The standard InChI is InChI=1S/C14H22ClN3O/c1-3-13-16-12(15)9-14(17-13)18-7-5-4-6-11(18)8-10(2)19/h9-11,19H,3-8H2,1-2H3. The van der Waals surface area contributed by atoms with E-state index < -0.39 is 0 Å². The van der Waals surface area contributed by atoms with Crippen LogP contribution in [0.15, 0.2) is 6.07 Å². The largest absolute Gasteiger partial charge is 0.393 e. The van der Waals surface area contributed by atoms with Crippen LogP contribution < -0.4 is 4.90 Å². The van der Waals surface area contributed by atoms with Crippen molar-refractivity contribution in [3.05, 3.63) is 17.0 Å². The van der Waals surface area contributed by atoms with Gasteiger partial charge >= 0.3 is 0 Å². The summed E-state index contributed by atoms with van der Waals surface area (Å²) in [5.41, 5.74) is 0. The number of hydrogen-bond acceptors (Lipinski definition) is 4. The molecule has 19 heavy (non-hydrogen) atoms. The second-order valence-electron chi connectivity index (χ2n) is 5.25. The van der Waals surface area contributed by atoms with Gasteiger partial charge in [-0.05, 0) is 32.6 Å². The maximum Gasteiger partial charge on any atom is 0.134 e. The molecule has 0 radical (unpaired) electrons. The van der Waals surface area contributed by atoms with Gasteiger partial charge < -0.3 is 10.0 Å². The molecule has 0 amide bonds. The molecule has 1 aromatic heterocycles. The molecule has 1 fully saturated rings. The third kappa shape index (κ3) is 3.80. The van der Waals surface area contributed by atoms with Crippen molar-refractivity contribution >= 4 is 17.4 Å². The molecule has 4 nitrogen and oxygen atoms in total. The summed E-state index contributed by atoms with van der Waals surface area (Å²) in [7, 11) is 0. The van der Waals surface area contributed by atoms with Crippen LogP contribution >= 0.6 is 11.6 Å². The van der Waals surface area contributed by atoms with E-state index in [0.29, 0.717) is 11.2 Å². The van der Waals surface area contributed by atoms with Crippen molar-refractivity contribution in [2.75, 3.05) is 11.4 Å². The molecule has 1 aliphatic rings. The fourth-order valence-corrected chi connectivity index (χ4v) is 2.89. The maximum absolute atomic E-state index is 9.64. The lowest BCUT2D eigenvalue weighted by atomic mass is 9.97. The zero-order valence-corrected chi connectivity index (χ0v) is 12.4. The predicted octanol–water partition coefficient (Wildman–Crippen LogP) is 2.82. The Labute approximate surface area is 119 Å². The number of halogens is 1. The fraction of sp³-hybridized carbons (Fsp3) is 0.714. The van der Waals surface area contributed by atoms with Gasteiger partial charge in [-0.3, -0.25) is 0 Å². The summed E-state index contributed by atoms with van der Waals surface area (Å²) in [6.07, 6.45) is 4.76. The Bertz CT molecular complexity index is 425. The minimum absolute atomic E-state index is 0.284. The van der Waals surface area contributed by atoms with Crippen molar-refractivity contribution in [2.45, 2.75) is 58.1 Å². The Morgan fingerprint density at radius 2 is 2.26 bits per heavy atom. The summed E-state index contributed by atoms with van der Waals surface area (Å²) in [5.74, 6) is 1.69. The van der Waals surface area contributed by atoms with Crippen LogP contribution in [0.5, 0.6) is 0 Å². The van der Waals surface area contributed by atoms with Crippen LogP contribution in [-0.2, 0) is 6.42 Å². The van der Waals surface area contributed by atoms with E-state index in [4.69, 9.17) is 11.6 Å². The Balaban J connectivity index is 2.23. The van der Waals surface area contributed by atoms with E-state index >= 15 is 0 Å². The van der Waals surface area contributed by atoms with Gasteiger partial charge in [-0.15, -0.1) is 0 Å². The van der Waals surface area contributed by atoms with E-state index in [2.05, 4.69) is 14.9 Å². The molecule has 1 aliphatic heterocycles. The van der Waals surface area contributed by atoms with E-state index in [1.807, 2.05) is 19.9 Å². The number of piperidine rings is 1. The zero-order chi connectivity index (χ0) is 13.8. The normalized spacial score (nSPS) is 21.5. The van der Waals surface area contributed by atoms with Gasteiger partial charge in [0.05, 0.1) is 6.10 Å². The Morgan fingerprint density at radius 1 is 1.47 bits per heavy atom. The van der Waals surface area contributed by atoms with Crippen LogP contribution in [-0.4, -0.2) is 33.8 Å². The molecule has 2 heterocycles. The molecule has 1 aromatic rings. The van der Waals surface area contributed by atoms with E-state index in [0.717, 1.165) is 37.4 Å². The molecule has 0 spiro atoms. The van der Waals surface area contributed by atoms with Gasteiger partial charge in [0.25, 0.3) is 0 Å². The number of aliphatic hydroxyl groups excluding tert-OH is 1. The van der Waals surface area contributed by atoms with Crippen LogP contribution in [0.1, 0.15) is 45.4 Å². The SMILES string of the molecule is CCc1nc(Cl)cc(N2CCCCC2CC(C)O)n1. The Morgan fingerprint density at radius 3 is 2.95 bits per heavy atom. The van der Waals surface area contributed by atoms with Crippen LogP contribution in [0.3, 0.4) is 0 Å². The molecular formula is C14H22ClN3O. The number of nitrogens with zero attached hydrogens (tertiary/aromatic N) is 3. The Kier molecular flexibility index (Phi) is 4.99. The minimum atomic E-state index is -0.284. The van der Waals surface area contributed by atoms with Gasteiger partial charge in [0.15, 0.2) is 0 Å². The van der Waals surface area contributed by atoms with Crippen molar-refractivity contribution in [3.8, 4) is 0 Å². The fourth-order valence-electron chi connectivity index (χ4n) is 2.70. The summed E-state index contributed by atoms with van der Waals surface area (Å²) in [6.45, 7) is 4.85. The lowest BCUT2D eigenvalue weighted by Gasteiger charge is -2.37. The highest BCUT2D eigenvalue weighted by molar-refractivity contribution is 6.29. The van der Waals surface area contributed by atoms with E-state index in [-0.39, 0.29) is 6.10 Å². The highest BCUT2D eigenvalue weighted by atomic mass is 35.5. The van der Waals surface area contributed by atoms with Crippen LogP contribution in [0.4, 0.5) is 5.82 Å². The lowest BCUT2D eigenvalue weighted by Crippen LogP contribution is -2.41. The van der Waals surface area contributed by atoms with Gasteiger partial charge in [0.1, 0.15) is 16.8 Å². The molecule has 1 saturated heterocycles. The molecule has 2 unspecified atom stereocenters. The molecule has 0 bridgehead atoms. The lowest BCUT2D eigenvalue weighted by molar-refractivity contribution is 0.167. The molecule has 2 rings (SSSR count). The van der Waals surface area contributed by atoms with E-state index in [9.17, 15) is 5.11 Å². The van der Waals surface area contributed by atoms with Crippen molar-refractivity contribution in [1.82, 2.24) is 9.97 Å². The monoisotopic (exact) mass is 283 g/mol. The first-order chi connectivity index (χ1) is 9.10. The highest BCUT2D eigenvalue weighted by Crippen LogP contribution is 2.27. The third-order valence-electron chi connectivity index (χ3n) is 3.58. The first-order valence-corrected chi connectivity index (χ1v) is 7.46. The predicted molar refractivity (Wildman–Crippen MR) is 77.7 cm³/mol. The molecule has 0 saturated carbocycles. The third-order valence-corrected chi connectivity index (χ3v) is 3.77. The Hall–Kier alpha value is -0.870. The first-order valence-electron chi connectivity index (χ1n) is 7.08. The zero-order valence-electron chi connectivity index (χ0n) is 11.6. The number of aromatic nitrogens is 2. The van der Waals surface area contributed by atoms with Crippen molar-refractivity contribution in [3.63, 3.8) is 0 Å². The van der Waals surface area contributed by atoms with Gasteiger partial charge in [0, 0.05) is 25.1 Å². The number of anilines is 1. The minimum Gasteiger partial charge on any atom is -0.393 e. The molecule has 0 aromatic carbocycles. The van der Waals surface area contributed by atoms with Crippen LogP contribution in [0, 0.1) is 0 Å². The molecule has 1 N–H and O–H groups in total. The molecular weight excluding hydrogens is 262 g/mol. The van der Waals surface area contributed by atoms with Crippen molar-refractivity contribution in [2.24, 2.45) is 0 Å². The molecule has 0 aliphatic carbocycles. The summed E-state index contributed by atoms with van der Waals surface area (Å²) < 4.78 is 0. The van der Waals surface area contributed by atoms with Crippen molar-refractivity contribution in [1.29, 1.82) is 0 Å². The first kappa shape index (κ1) is 14.5. The van der Waals surface area contributed by atoms with Gasteiger partial charge in [0.2, 0.25) is 0 Å². The summed E-state index contributed by atoms with van der Waals surface area (Å²) in [5, 5.41) is 10.1. The average molecular weight is 284 g/mol. The van der Waals surface area contributed by atoms with Crippen molar-refractivity contribution < 1.29 is 5.11 Å². The molecule has 2 atom stereocenters. The van der Waals surface area contributed by atoms with E-state index in [1.54, 1.807) is 0 Å². The highest BCUT2D eigenvalue weighted by Gasteiger charge is 2.25. The second-order valence-corrected chi connectivity index (χ2v) is 5.63. The van der Waals surface area contributed by atoms with Crippen LogP contribution in [0.25, 0.3) is 0 Å². The van der Waals surface area contributed by atoms with E-state index in [1.165, 1.54) is 12.8 Å². The van der Waals surface area contributed by atoms with Gasteiger partial charge in [-0.25, -0.2) is 9.97 Å². The number of hydrogen-bond donors (Lipinski definition) is 1. The molecule has 106 valence electrons. The quantitative estimate of drug-likeness (QED) is 0.863. The van der Waals surface area contributed by atoms with Gasteiger partial charge in [-0.1, -0.05) is 18.5 Å². The smallest absolute Gasteiger partial charge is 0.134 e. The number of rotatable bonds is 4. The topological polar surface area (TPSA) is 49.2 Å². The van der Waals surface area contributed by atoms with Crippen LogP contribution in [0.2, 0.25) is 5.15 Å². The number of aryl methyl sites for hydroxylation is 1. The van der Waals surface area contributed by atoms with Gasteiger partial charge in [-0.2, -0.15) is 0 Å². The summed E-state index contributed by atoms with van der Waals surface area (Å²) in [6, 6.07) is 2.19. The summed E-state index contributed by atoms with van der Waals surface area (Å²) >= 11 is 6.07.